The Kier molecular flexibility index (Phi) is 7.50. The fourth-order valence-electron chi connectivity index (χ4n) is 4.01. The maximum absolute atomic E-state index is 12.4. The number of aromatic amines is 1. The third-order valence-corrected chi connectivity index (χ3v) is 5.50. The van der Waals surface area contributed by atoms with Gasteiger partial charge >= 0.3 is 6.09 Å². The molecule has 1 aliphatic rings. The molecule has 2 amide bonds. The summed E-state index contributed by atoms with van der Waals surface area (Å²) in [7, 11) is 0. The number of rotatable bonds is 8. The van der Waals surface area contributed by atoms with Crippen molar-refractivity contribution >= 4 is 24.1 Å². The predicted octanol–water partition coefficient (Wildman–Crippen LogP) is 3.58. The first kappa shape index (κ1) is 23.3. The van der Waals surface area contributed by atoms with Gasteiger partial charge in [-0.15, -0.1) is 0 Å². The van der Waals surface area contributed by atoms with Crippen molar-refractivity contribution in [3.63, 3.8) is 0 Å². The number of nitrogens with zero attached hydrogens (tertiary/aromatic N) is 1. The summed E-state index contributed by atoms with van der Waals surface area (Å²) >= 11 is 0. The quantitative estimate of drug-likeness (QED) is 0.462. The second kappa shape index (κ2) is 10.3. The smallest absolute Gasteiger partial charge is 0.407 e. The lowest BCUT2D eigenvalue weighted by Crippen LogP contribution is -2.33. The molecule has 1 aliphatic carbocycles. The van der Waals surface area contributed by atoms with E-state index in [1.165, 1.54) is 6.07 Å². The minimum Gasteiger partial charge on any atom is -0.507 e. The monoisotopic (exact) mass is 442 g/mol. The van der Waals surface area contributed by atoms with Crippen LogP contribution in [0.5, 0.6) is 5.75 Å². The maximum atomic E-state index is 12.4. The summed E-state index contributed by atoms with van der Waals surface area (Å²) in [5, 5.41) is 22.5. The van der Waals surface area contributed by atoms with Crippen LogP contribution in [0.25, 0.3) is 0 Å². The summed E-state index contributed by atoms with van der Waals surface area (Å²) in [4.78, 5) is 35.4. The highest BCUT2D eigenvalue weighted by molar-refractivity contribution is 5.90. The van der Waals surface area contributed by atoms with E-state index in [4.69, 9.17) is 4.74 Å². The van der Waals surface area contributed by atoms with Crippen LogP contribution >= 0.6 is 0 Å². The lowest BCUT2D eigenvalue weighted by atomic mass is 10.00. The number of phenols is 1. The van der Waals surface area contributed by atoms with Crippen LogP contribution in [0.3, 0.4) is 0 Å². The highest BCUT2D eigenvalue weighted by Gasteiger charge is 2.30. The lowest BCUT2D eigenvalue weighted by molar-refractivity contribution is -0.116. The molecule has 2 aromatic rings. The number of aromatic hydroxyl groups is 1. The number of aldehydes is 1. The van der Waals surface area contributed by atoms with Crippen molar-refractivity contribution in [1.29, 1.82) is 0 Å². The second-order valence-corrected chi connectivity index (χ2v) is 8.57. The summed E-state index contributed by atoms with van der Waals surface area (Å²) in [6.07, 6.45) is 2.88. The molecular weight excluding hydrogens is 412 g/mol. The molecule has 32 heavy (non-hydrogen) atoms. The van der Waals surface area contributed by atoms with E-state index < -0.39 is 6.09 Å². The molecule has 0 radical (unpaired) electrons. The highest BCUT2D eigenvalue weighted by atomic mass is 16.6. The first-order valence-corrected chi connectivity index (χ1v) is 10.8. The minimum atomic E-state index is -0.400. The number of hydrogen-bond acceptors (Lipinski definition) is 6. The van der Waals surface area contributed by atoms with Gasteiger partial charge < -0.3 is 20.5 Å². The number of nitrogens with one attached hydrogen (secondary N) is 3. The van der Waals surface area contributed by atoms with E-state index >= 15 is 0 Å². The molecule has 1 fully saturated rings. The summed E-state index contributed by atoms with van der Waals surface area (Å²) in [5.41, 5.74) is 2.56. The topological polar surface area (TPSA) is 133 Å². The van der Waals surface area contributed by atoms with Crippen LogP contribution in [-0.2, 0) is 16.0 Å². The average Bonchev–Trinajstić information content (AvgIpc) is 3.34. The Labute approximate surface area is 186 Å². The standard InChI is InChI=1S/C23H30N4O5/c1-13(2)24-23(31)32-17-6-4-16(10-17)19-11-21(27-26-19)25-22(30)7-5-15-8-14(3)9-20(29)18(15)12-28/h8-9,11-13,16-17,29H,4-7,10H2,1-3H3,(H,24,31)(H2,25,26,27,30)/t16-,17+/m0/s1. The molecule has 1 aromatic heterocycles. The van der Waals surface area contributed by atoms with Gasteiger partial charge in [0.15, 0.2) is 12.1 Å². The Morgan fingerprint density at radius 3 is 2.81 bits per heavy atom. The number of anilines is 1. The average molecular weight is 443 g/mol. The zero-order valence-corrected chi connectivity index (χ0v) is 18.6. The van der Waals surface area contributed by atoms with Crippen LogP contribution in [0.4, 0.5) is 10.6 Å². The molecule has 172 valence electrons. The van der Waals surface area contributed by atoms with Crippen molar-refractivity contribution in [2.45, 2.75) is 70.9 Å². The van der Waals surface area contributed by atoms with Crippen molar-refractivity contribution in [2.24, 2.45) is 0 Å². The van der Waals surface area contributed by atoms with Gasteiger partial charge in [-0.1, -0.05) is 6.07 Å². The van der Waals surface area contributed by atoms with Gasteiger partial charge in [0.05, 0.1) is 5.56 Å². The number of alkyl carbamates (subject to hydrolysis) is 1. The van der Waals surface area contributed by atoms with E-state index in [-0.39, 0.29) is 41.7 Å². The number of aromatic nitrogens is 2. The van der Waals surface area contributed by atoms with E-state index in [0.717, 1.165) is 24.1 Å². The van der Waals surface area contributed by atoms with Crippen LogP contribution in [0, 0.1) is 6.92 Å². The van der Waals surface area contributed by atoms with Gasteiger partial charge in [0.1, 0.15) is 11.9 Å². The van der Waals surface area contributed by atoms with Crippen LogP contribution in [0.1, 0.15) is 72.6 Å². The van der Waals surface area contributed by atoms with E-state index in [2.05, 4.69) is 20.8 Å². The SMILES string of the molecule is Cc1cc(O)c(C=O)c(CCC(=O)Nc2cc([C@H]3CC[C@@H](OC(=O)NC(C)C)C3)[nH]n2)c1. The number of amides is 2. The third-order valence-electron chi connectivity index (χ3n) is 5.50. The number of ether oxygens (including phenoxy) is 1. The molecule has 1 heterocycles. The molecule has 1 aromatic carbocycles. The van der Waals surface area contributed by atoms with E-state index in [1.807, 2.05) is 20.8 Å². The van der Waals surface area contributed by atoms with Gasteiger partial charge in [-0.2, -0.15) is 5.10 Å². The Morgan fingerprint density at radius 2 is 2.09 bits per heavy atom. The van der Waals surface area contributed by atoms with Crippen molar-refractivity contribution in [3.05, 3.63) is 40.6 Å². The summed E-state index contributed by atoms with van der Waals surface area (Å²) in [6.45, 7) is 5.58. The fourth-order valence-corrected chi connectivity index (χ4v) is 4.01. The largest absolute Gasteiger partial charge is 0.507 e. The molecule has 0 unspecified atom stereocenters. The molecule has 4 N–H and O–H groups in total. The predicted molar refractivity (Wildman–Crippen MR) is 119 cm³/mol. The number of H-pyrrole nitrogens is 1. The Bertz CT molecular complexity index is 985. The molecule has 0 bridgehead atoms. The van der Waals surface area contributed by atoms with Gasteiger partial charge in [-0.3, -0.25) is 14.7 Å². The van der Waals surface area contributed by atoms with E-state index in [9.17, 15) is 19.5 Å². The van der Waals surface area contributed by atoms with Crippen LogP contribution < -0.4 is 10.6 Å². The van der Waals surface area contributed by atoms with Crippen LogP contribution in [-0.4, -0.2) is 45.7 Å². The fraction of sp³-hybridized carbons (Fsp3) is 0.478. The number of benzene rings is 1. The Balaban J connectivity index is 1.51. The number of hydrogen-bond donors (Lipinski definition) is 4. The molecule has 1 saturated carbocycles. The zero-order chi connectivity index (χ0) is 23.3. The normalized spacial score (nSPS) is 17.9. The van der Waals surface area contributed by atoms with E-state index in [1.54, 1.807) is 12.1 Å². The van der Waals surface area contributed by atoms with E-state index in [0.29, 0.717) is 30.5 Å². The number of carbonyl (C=O) groups excluding carboxylic acids is 3. The minimum absolute atomic E-state index is 0.0279. The van der Waals surface area contributed by atoms with Crippen molar-refractivity contribution in [3.8, 4) is 5.75 Å². The van der Waals surface area contributed by atoms with Crippen molar-refractivity contribution in [2.75, 3.05) is 5.32 Å². The molecule has 9 nitrogen and oxygen atoms in total. The number of carbonyl (C=O) groups is 3. The number of aryl methyl sites for hydroxylation is 2. The number of phenolic OH excluding ortho intramolecular Hbond substituents is 1. The summed E-state index contributed by atoms with van der Waals surface area (Å²) < 4.78 is 5.46. The molecule has 0 saturated heterocycles. The van der Waals surface area contributed by atoms with Gasteiger partial charge in [0.2, 0.25) is 5.91 Å². The van der Waals surface area contributed by atoms with Gasteiger partial charge in [0, 0.05) is 30.1 Å². The molecule has 3 rings (SSSR count). The Morgan fingerprint density at radius 1 is 1.31 bits per heavy atom. The first-order valence-electron chi connectivity index (χ1n) is 10.8. The Hall–Kier alpha value is -3.36. The van der Waals surface area contributed by atoms with Crippen molar-refractivity contribution in [1.82, 2.24) is 15.5 Å². The second-order valence-electron chi connectivity index (χ2n) is 8.57. The van der Waals surface area contributed by atoms with Crippen molar-refractivity contribution < 1.29 is 24.2 Å². The first-order chi connectivity index (χ1) is 15.2. The molecular formula is C23H30N4O5. The third kappa shape index (κ3) is 6.09. The van der Waals surface area contributed by atoms with Gasteiger partial charge in [-0.25, -0.2) is 4.79 Å². The highest BCUT2D eigenvalue weighted by Crippen LogP contribution is 2.35. The molecule has 9 heteroatoms. The molecule has 0 spiro atoms. The van der Waals surface area contributed by atoms with Crippen LogP contribution in [0.2, 0.25) is 0 Å². The lowest BCUT2D eigenvalue weighted by Gasteiger charge is -2.14. The maximum Gasteiger partial charge on any atom is 0.407 e. The van der Waals surface area contributed by atoms with Crippen LogP contribution in [0.15, 0.2) is 18.2 Å². The summed E-state index contributed by atoms with van der Waals surface area (Å²) in [6, 6.07) is 5.14. The summed E-state index contributed by atoms with van der Waals surface area (Å²) in [5.74, 6) is 0.289. The molecule has 0 aliphatic heterocycles. The zero-order valence-electron chi connectivity index (χ0n) is 18.6. The molecule has 2 atom stereocenters. The van der Waals surface area contributed by atoms with Gasteiger partial charge in [-0.05, 0) is 63.6 Å². The van der Waals surface area contributed by atoms with Gasteiger partial charge in [0.25, 0.3) is 0 Å².